The fraction of sp³-hybridized carbons (Fsp3) is 0.667. The molecule has 0 saturated carbocycles. The summed E-state index contributed by atoms with van der Waals surface area (Å²) in [7, 11) is 0. The molecule has 1 fully saturated rings. The summed E-state index contributed by atoms with van der Waals surface area (Å²) in [6, 6.07) is 4.45. The molecule has 1 saturated heterocycles. The third kappa shape index (κ3) is 4.30. The monoisotopic (exact) mass is 295 g/mol. The van der Waals surface area contributed by atoms with Crippen LogP contribution in [0.1, 0.15) is 37.6 Å². The molecule has 20 heavy (non-hydrogen) atoms. The smallest absolute Gasteiger partial charge is 0.234 e. The van der Waals surface area contributed by atoms with Gasteiger partial charge in [-0.05, 0) is 36.8 Å². The molecule has 2 rings (SSSR count). The Kier molecular flexibility index (Phi) is 5.57. The molecule has 0 radical (unpaired) electrons. The maximum atomic E-state index is 12.2. The Morgan fingerprint density at radius 1 is 1.60 bits per heavy atom. The van der Waals surface area contributed by atoms with Crippen molar-refractivity contribution in [3.63, 3.8) is 0 Å². The number of carbonyl (C=O) groups excluding carboxylic acids is 1. The number of nitrogens with two attached hydrogens (primary N) is 1. The summed E-state index contributed by atoms with van der Waals surface area (Å²) >= 11 is 1.70. The Balaban J connectivity index is 1.88. The molecule has 1 amide bonds. The maximum absolute atomic E-state index is 12.2. The third-order valence-electron chi connectivity index (χ3n) is 3.74. The van der Waals surface area contributed by atoms with Crippen molar-refractivity contribution < 1.29 is 4.79 Å². The minimum Gasteiger partial charge on any atom is -0.347 e. The lowest BCUT2D eigenvalue weighted by Gasteiger charge is -2.31. The normalized spacial score (nSPS) is 21.9. The van der Waals surface area contributed by atoms with Crippen LogP contribution in [-0.2, 0) is 4.79 Å². The van der Waals surface area contributed by atoms with E-state index in [-0.39, 0.29) is 18.0 Å². The number of hydrogen-bond acceptors (Lipinski definition) is 4. The van der Waals surface area contributed by atoms with Crippen LogP contribution in [-0.4, -0.2) is 36.5 Å². The van der Waals surface area contributed by atoms with Gasteiger partial charge >= 0.3 is 0 Å². The van der Waals surface area contributed by atoms with Crippen molar-refractivity contribution in [2.45, 2.75) is 38.8 Å². The molecule has 4 nitrogen and oxygen atoms in total. The molecular formula is C15H25N3OS. The number of nitrogens with zero attached hydrogens (tertiary/aromatic N) is 1. The highest BCUT2D eigenvalue weighted by atomic mass is 32.1. The number of piperidine rings is 1. The number of likely N-dealkylation sites (tertiary alicyclic amines) is 1. The van der Waals surface area contributed by atoms with Crippen molar-refractivity contribution in [3.8, 4) is 0 Å². The van der Waals surface area contributed by atoms with Crippen LogP contribution in [0.2, 0.25) is 0 Å². The van der Waals surface area contributed by atoms with Crippen molar-refractivity contribution in [2.75, 3.05) is 19.6 Å². The van der Waals surface area contributed by atoms with E-state index in [1.165, 1.54) is 4.88 Å². The molecule has 3 N–H and O–H groups in total. The highest BCUT2D eigenvalue weighted by molar-refractivity contribution is 7.10. The fourth-order valence-corrected chi connectivity index (χ4v) is 3.64. The van der Waals surface area contributed by atoms with Gasteiger partial charge in [0.05, 0.1) is 12.6 Å². The van der Waals surface area contributed by atoms with Crippen LogP contribution in [0.15, 0.2) is 17.5 Å². The van der Waals surface area contributed by atoms with Gasteiger partial charge in [-0.3, -0.25) is 9.69 Å². The Bertz CT molecular complexity index is 419. The molecule has 112 valence electrons. The molecule has 0 aliphatic carbocycles. The first-order valence-electron chi connectivity index (χ1n) is 7.37. The number of amides is 1. The molecule has 1 aliphatic rings. The summed E-state index contributed by atoms with van der Waals surface area (Å²) in [5, 5.41) is 5.23. The summed E-state index contributed by atoms with van der Waals surface area (Å²) in [5.41, 5.74) is 5.96. The lowest BCUT2D eigenvalue weighted by Crippen LogP contribution is -2.47. The van der Waals surface area contributed by atoms with Crippen LogP contribution in [0, 0.1) is 5.92 Å². The summed E-state index contributed by atoms with van der Waals surface area (Å²) in [5.74, 6) is 0.493. The van der Waals surface area contributed by atoms with Crippen molar-refractivity contribution in [2.24, 2.45) is 11.7 Å². The van der Waals surface area contributed by atoms with Crippen LogP contribution >= 0.6 is 11.3 Å². The molecule has 1 aromatic heterocycles. The average molecular weight is 295 g/mol. The molecule has 1 unspecified atom stereocenters. The molecule has 0 spiro atoms. The molecule has 5 heteroatoms. The Morgan fingerprint density at radius 2 is 2.40 bits per heavy atom. The lowest BCUT2D eigenvalue weighted by molar-refractivity contribution is -0.123. The van der Waals surface area contributed by atoms with Crippen molar-refractivity contribution in [1.29, 1.82) is 0 Å². The van der Waals surface area contributed by atoms with E-state index in [1.807, 2.05) is 6.07 Å². The van der Waals surface area contributed by atoms with Gasteiger partial charge in [0, 0.05) is 17.5 Å². The Hall–Kier alpha value is -0.910. The first kappa shape index (κ1) is 15.5. The number of nitrogens with one attached hydrogen (secondary N) is 1. The lowest BCUT2D eigenvalue weighted by atomic mass is 10.0. The van der Waals surface area contributed by atoms with Crippen LogP contribution in [0.4, 0.5) is 0 Å². The van der Waals surface area contributed by atoms with Crippen molar-refractivity contribution in [3.05, 3.63) is 22.4 Å². The zero-order chi connectivity index (χ0) is 14.5. The molecule has 1 aliphatic heterocycles. The van der Waals surface area contributed by atoms with E-state index < -0.39 is 0 Å². The van der Waals surface area contributed by atoms with Crippen LogP contribution in [0.25, 0.3) is 0 Å². The van der Waals surface area contributed by atoms with E-state index in [0.717, 1.165) is 25.9 Å². The van der Waals surface area contributed by atoms with E-state index >= 15 is 0 Å². The number of carbonyl (C=O) groups is 1. The van der Waals surface area contributed by atoms with E-state index in [1.54, 1.807) is 11.3 Å². The first-order chi connectivity index (χ1) is 9.56. The van der Waals surface area contributed by atoms with Gasteiger partial charge in [-0.15, -0.1) is 11.3 Å². The minimum atomic E-state index is 0.103. The summed E-state index contributed by atoms with van der Waals surface area (Å²) in [6.45, 7) is 6.55. The third-order valence-corrected chi connectivity index (χ3v) is 4.70. The quantitative estimate of drug-likeness (QED) is 0.873. The van der Waals surface area contributed by atoms with Gasteiger partial charge in [-0.1, -0.05) is 19.9 Å². The second kappa shape index (κ2) is 7.20. The van der Waals surface area contributed by atoms with Gasteiger partial charge in [-0.25, -0.2) is 0 Å². The van der Waals surface area contributed by atoms with Crippen LogP contribution in [0.5, 0.6) is 0 Å². The Morgan fingerprint density at radius 3 is 3.00 bits per heavy atom. The minimum absolute atomic E-state index is 0.103. The van der Waals surface area contributed by atoms with E-state index in [4.69, 9.17) is 5.73 Å². The zero-order valence-corrected chi connectivity index (χ0v) is 13.2. The molecule has 2 heterocycles. The summed E-state index contributed by atoms with van der Waals surface area (Å²) in [4.78, 5) is 15.6. The largest absolute Gasteiger partial charge is 0.347 e. The summed E-state index contributed by atoms with van der Waals surface area (Å²) in [6.07, 6.45) is 2.16. The standard InChI is InChI=1S/C15H25N3OS/c1-11(2)15(13-6-4-8-20-13)17-14(19)10-18-7-3-5-12(16)9-18/h4,6,8,11-12,15H,3,5,7,9-10,16H2,1-2H3,(H,17,19)/t12-,15?/m1/s1. The Labute approximate surface area is 125 Å². The molecular weight excluding hydrogens is 270 g/mol. The van der Waals surface area contributed by atoms with Gasteiger partial charge in [0.2, 0.25) is 5.91 Å². The zero-order valence-electron chi connectivity index (χ0n) is 12.3. The highest BCUT2D eigenvalue weighted by Gasteiger charge is 2.22. The second-order valence-corrected chi connectivity index (χ2v) is 6.92. The number of thiophene rings is 1. The predicted molar refractivity (Wildman–Crippen MR) is 83.7 cm³/mol. The van der Waals surface area contributed by atoms with E-state index in [0.29, 0.717) is 12.5 Å². The fourth-order valence-electron chi connectivity index (χ4n) is 2.69. The van der Waals surface area contributed by atoms with Crippen LogP contribution in [0.3, 0.4) is 0 Å². The van der Waals surface area contributed by atoms with Crippen LogP contribution < -0.4 is 11.1 Å². The summed E-state index contributed by atoms with van der Waals surface area (Å²) < 4.78 is 0. The van der Waals surface area contributed by atoms with Crippen molar-refractivity contribution >= 4 is 17.2 Å². The SMILES string of the molecule is CC(C)C(NC(=O)CN1CCC[C@@H](N)C1)c1cccs1. The average Bonchev–Trinajstić information content (AvgIpc) is 2.89. The predicted octanol–water partition coefficient (Wildman–Crippen LogP) is 1.98. The van der Waals surface area contributed by atoms with Gasteiger partial charge in [-0.2, -0.15) is 0 Å². The molecule has 1 aromatic rings. The molecule has 2 atom stereocenters. The van der Waals surface area contributed by atoms with Gasteiger partial charge < -0.3 is 11.1 Å². The molecule has 0 bridgehead atoms. The highest BCUT2D eigenvalue weighted by Crippen LogP contribution is 2.25. The maximum Gasteiger partial charge on any atom is 0.234 e. The number of rotatable bonds is 5. The van der Waals surface area contributed by atoms with E-state index in [9.17, 15) is 4.79 Å². The molecule has 0 aromatic carbocycles. The number of hydrogen-bond donors (Lipinski definition) is 2. The second-order valence-electron chi connectivity index (χ2n) is 5.94. The van der Waals surface area contributed by atoms with Gasteiger partial charge in [0.1, 0.15) is 0 Å². The van der Waals surface area contributed by atoms with Gasteiger partial charge in [0.15, 0.2) is 0 Å². The first-order valence-corrected chi connectivity index (χ1v) is 8.25. The topological polar surface area (TPSA) is 58.4 Å². The van der Waals surface area contributed by atoms with Crippen molar-refractivity contribution in [1.82, 2.24) is 10.2 Å². The van der Waals surface area contributed by atoms with E-state index in [2.05, 4.69) is 35.5 Å². The van der Waals surface area contributed by atoms with Gasteiger partial charge in [0.25, 0.3) is 0 Å².